The molecule has 0 aliphatic heterocycles. The normalized spacial score (nSPS) is 10.9. The zero-order chi connectivity index (χ0) is 12.5. The van der Waals surface area contributed by atoms with Crippen LogP contribution in [0.15, 0.2) is 34.3 Å². The van der Waals surface area contributed by atoms with Gasteiger partial charge in [0.2, 0.25) is 5.95 Å². The second kappa shape index (κ2) is 4.30. The maximum Gasteiger partial charge on any atom is 0.223 e. The van der Waals surface area contributed by atoms with E-state index in [0.717, 1.165) is 21.8 Å². The van der Waals surface area contributed by atoms with Crippen molar-refractivity contribution < 1.29 is 4.42 Å². The fourth-order valence-electron chi connectivity index (χ4n) is 1.86. The molecule has 0 amide bonds. The van der Waals surface area contributed by atoms with E-state index in [2.05, 4.69) is 9.97 Å². The number of nitrogens with two attached hydrogens (primary N) is 1. The maximum atomic E-state index is 5.73. The minimum absolute atomic E-state index is 0.297. The lowest BCUT2D eigenvalue weighted by molar-refractivity contribution is 0.507. The molecule has 0 radical (unpaired) electrons. The topological polar surface area (TPSA) is 68.2 Å². The standard InChI is InChI=1S/C12H12N4OS/c1-16(7-8-3-2-5-17-8)10-9-4-6-18-11(9)15-12(13)14-10/h2-6H,7H2,1H3,(H2,13,14,15). The Bertz CT molecular complexity index is 662. The minimum atomic E-state index is 0.297. The van der Waals surface area contributed by atoms with Crippen molar-refractivity contribution >= 4 is 33.3 Å². The van der Waals surface area contributed by atoms with Crippen LogP contribution in [0.2, 0.25) is 0 Å². The van der Waals surface area contributed by atoms with Gasteiger partial charge in [-0.2, -0.15) is 4.98 Å². The first-order chi connectivity index (χ1) is 8.74. The molecule has 6 heteroatoms. The van der Waals surface area contributed by atoms with Gasteiger partial charge in [0.05, 0.1) is 18.2 Å². The van der Waals surface area contributed by atoms with E-state index in [-0.39, 0.29) is 0 Å². The number of nitrogens with zero attached hydrogens (tertiary/aromatic N) is 3. The second-order valence-corrected chi connectivity index (χ2v) is 4.87. The van der Waals surface area contributed by atoms with Crippen LogP contribution in [0.3, 0.4) is 0 Å². The van der Waals surface area contributed by atoms with E-state index in [1.54, 1.807) is 17.6 Å². The average Bonchev–Trinajstić information content (AvgIpc) is 2.97. The molecule has 0 bridgehead atoms. The molecule has 0 aliphatic carbocycles. The number of rotatable bonds is 3. The molecule has 2 N–H and O–H groups in total. The van der Waals surface area contributed by atoms with Gasteiger partial charge in [0, 0.05) is 7.05 Å². The average molecular weight is 260 g/mol. The van der Waals surface area contributed by atoms with Crippen LogP contribution in [0.1, 0.15) is 5.76 Å². The smallest absolute Gasteiger partial charge is 0.223 e. The molecular formula is C12H12N4OS. The predicted octanol–water partition coefficient (Wildman–Crippen LogP) is 2.50. The molecule has 3 heterocycles. The summed E-state index contributed by atoms with van der Waals surface area (Å²) in [5, 5.41) is 3.01. The van der Waals surface area contributed by atoms with Crippen molar-refractivity contribution in [2.45, 2.75) is 6.54 Å². The highest BCUT2D eigenvalue weighted by atomic mass is 32.1. The number of fused-ring (bicyclic) bond motifs is 1. The number of anilines is 2. The van der Waals surface area contributed by atoms with Crippen molar-refractivity contribution in [2.24, 2.45) is 0 Å². The van der Waals surface area contributed by atoms with Crippen LogP contribution >= 0.6 is 11.3 Å². The lowest BCUT2D eigenvalue weighted by Crippen LogP contribution is -2.18. The lowest BCUT2D eigenvalue weighted by atomic mass is 10.3. The Hall–Kier alpha value is -2.08. The fraction of sp³-hybridized carbons (Fsp3) is 0.167. The molecule has 92 valence electrons. The van der Waals surface area contributed by atoms with E-state index < -0.39 is 0 Å². The van der Waals surface area contributed by atoms with E-state index in [1.807, 2.05) is 35.5 Å². The van der Waals surface area contributed by atoms with Gasteiger partial charge in [0.15, 0.2) is 0 Å². The molecule has 0 spiro atoms. The van der Waals surface area contributed by atoms with Crippen molar-refractivity contribution in [1.29, 1.82) is 0 Å². The van der Waals surface area contributed by atoms with Crippen LogP contribution in [-0.4, -0.2) is 17.0 Å². The molecule has 0 aliphatic rings. The van der Waals surface area contributed by atoms with Crippen LogP contribution in [0, 0.1) is 0 Å². The lowest BCUT2D eigenvalue weighted by Gasteiger charge is -2.17. The highest BCUT2D eigenvalue weighted by molar-refractivity contribution is 7.16. The highest BCUT2D eigenvalue weighted by Crippen LogP contribution is 2.28. The molecule has 3 aromatic rings. The van der Waals surface area contributed by atoms with Gasteiger partial charge in [-0.05, 0) is 23.6 Å². The molecule has 0 unspecified atom stereocenters. The Labute approximate surface area is 108 Å². The Balaban J connectivity index is 2.00. The molecule has 3 aromatic heterocycles. The largest absolute Gasteiger partial charge is 0.467 e. The first-order valence-corrected chi connectivity index (χ1v) is 6.36. The van der Waals surface area contributed by atoms with Crippen molar-refractivity contribution in [3.8, 4) is 0 Å². The second-order valence-electron chi connectivity index (χ2n) is 3.98. The third kappa shape index (κ3) is 1.91. The Kier molecular flexibility index (Phi) is 2.64. The first kappa shape index (κ1) is 11.0. The summed E-state index contributed by atoms with van der Waals surface area (Å²) in [5.41, 5.74) is 5.73. The van der Waals surface area contributed by atoms with E-state index >= 15 is 0 Å². The molecule has 3 rings (SSSR count). The first-order valence-electron chi connectivity index (χ1n) is 5.48. The van der Waals surface area contributed by atoms with Crippen LogP contribution < -0.4 is 10.6 Å². The summed E-state index contributed by atoms with van der Waals surface area (Å²) in [7, 11) is 1.96. The monoisotopic (exact) mass is 260 g/mol. The van der Waals surface area contributed by atoms with Gasteiger partial charge in [-0.1, -0.05) is 0 Å². The molecule has 0 saturated heterocycles. The fourth-order valence-corrected chi connectivity index (χ4v) is 2.62. The third-order valence-corrected chi connectivity index (χ3v) is 3.46. The Morgan fingerprint density at radius 2 is 2.28 bits per heavy atom. The highest BCUT2D eigenvalue weighted by Gasteiger charge is 2.12. The Morgan fingerprint density at radius 3 is 3.06 bits per heavy atom. The zero-order valence-corrected chi connectivity index (χ0v) is 10.6. The molecule has 18 heavy (non-hydrogen) atoms. The summed E-state index contributed by atoms with van der Waals surface area (Å²) < 4.78 is 5.34. The molecule has 0 aromatic carbocycles. The zero-order valence-electron chi connectivity index (χ0n) is 9.83. The summed E-state index contributed by atoms with van der Waals surface area (Å²) in [4.78, 5) is 11.4. The maximum absolute atomic E-state index is 5.73. The summed E-state index contributed by atoms with van der Waals surface area (Å²) in [5.74, 6) is 2.01. The number of aromatic nitrogens is 2. The van der Waals surface area contributed by atoms with E-state index in [1.165, 1.54) is 0 Å². The molecule has 0 fully saturated rings. The van der Waals surface area contributed by atoms with Gasteiger partial charge >= 0.3 is 0 Å². The summed E-state index contributed by atoms with van der Waals surface area (Å²) in [6, 6.07) is 5.82. The molecular weight excluding hydrogens is 248 g/mol. The minimum Gasteiger partial charge on any atom is -0.467 e. The number of nitrogen functional groups attached to an aromatic ring is 1. The van der Waals surface area contributed by atoms with Crippen molar-refractivity contribution in [2.75, 3.05) is 17.7 Å². The van der Waals surface area contributed by atoms with Gasteiger partial charge in [0.1, 0.15) is 16.4 Å². The van der Waals surface area contributed by atoms with E-state index in [0.29, 0.717) is 12.5 Å². The van der Waals surface area contributed by atoms with Gasteiger partial charge in [-0.3, -0.25) is 0 Å². The van der Waals surface area contributed by atoms with Crippen molar-refractivity contribution in [3.05, 3.63) is 35.6 Å². The Morgan fingerprint density at radius 1 is 1.39 bits per heavy atom. The van der Waals surface area contributed by atoms with Crippen molar-refractivity contribution in [1.82, 2.24) is 9.97 Å². The number of furan rings is 1. The summed E-state index contributed by atoms with van der Waals surface area (Å²) >= 11 is 1.56. The SMILES string of the molecule is CN(Cc1ccco1)c1nc(N)nc2sccc12. The van der Waals surface area contributed by atoms with E-state index in [9.17, 15) is 0 Å². The van der Waals surface area contributed by atoms with Crippen LogP contribution in [0.5, 0.6) is 0 Å². The van der Waals surface area contributed by atoms with Gasteiger partial charge < -0.3 is 15.1 Å². The van der Waals surface area contributed by atoms with E-state index in [4.69, 9.17) is 10.2 Å². The van der Waals surface area contributed by atoms with Crippen LogP contribution in [0.4, 0.5) is 11.8 Å². The molecule has 0 atom stereocenters. The molecule has 5 nitrogen and oxygen atoms in total. The van der Waals surface area contributed by atoms with Crippen LogP contribution in [0.25, 0.3) is 10.2 Å². The number of hydrogen-bond acceptors (Lipinski definition) is 6. The number of thiophene rings is 1. The van der Waals surface area contributed by atoms with Crippen molar-refractivity contribution in [3.63, 3.8) is 0 Å². The predicted molar refractivity (Wildman–Crippen MR) is 72.6 cm³/mol. The molecule has 0 saturated carbocycles. The van der Waals surface area contributed by atoms with Gasteiger partial charge in [0.25, 0.3) is 0 Å². The van der Waals surface area contributed by atoms with Gasteiger partial charge in [-0.15, -0.1) is 11.3 Å². The quantitative estimate of drug-likeness (QED) is 0.783. The van der Waals surface area contributed by atoms with Crippen LogP contribution in [-0.2, 0) is 6.54 Å². The third-order valence-electron chi connectivity index (χ3n) is 2.66. The van der Waals surface area contributed by atoms with Gasteiger partial charge in [-0.25, -0.2) is 4.98 Å². The summed E-state index contributed by atoms with van der Waals surface area (Å²) in [6.07, 6.45) is 1.66. The number of hydrogen-bond donors (Lipinski definition) is 1. The summed E-state index contributed by atoms with van der Waals surface area (Å²) in [6.45, 7) is 0.647.